The summed E-state index contributed by atoms with van der Waals surface area (Å²) in [6, 6.07) is 5.18. The van der Waals surface area contributed by atoms with Gasteiger partial charge in [0, 0.05) is 12.1 Å². The summed E-state index contributed by atoms with van der Waals surface area (Å²) in [6.07, 6.45) is 0. The van der Waals surface area contributed by atoms with Crippen LogP contribution in [0.3, 0.4) is 0 Å². The summed E-state index contributed by atoms with van der Waals surface area (Å²) in [5.41, 5.74) is -0.863. The van der Waals surface area contributed by atoms with E-state index in [0.717, 1.165) is 6.07 Å². The number of hydrogen-bond donors (Lipinski definition) is 3. The third-order valence-electron chi connectivity index (χ3n) is 2.21. The van der Waals surface area contributed by atoms with Crippen LogP contribution in [0.2, 0.25) is 0 Å². The Morgan fingerprint density at radius 3 is 2.58 bits per heavy atom. The Balaban J connectivity index is 2.40. The number of hydrogen-bond acceptors (Lipinski definition) is 3. The van der Waals surface area contributed by atoms with Crippen molar-refractivity contribution in [2.75, 3.05) is 13.1 Å². The number of nitrogens with one attached hydrogen (secondary N) is 2. The van der Waals surface area contributed by atoms with Crippen molar-refractivity contribution in [3.63, 3.8) is 0 Å². The molecule has 104 valence electrons. The maximum Gasteiger partial charge on any atom is 0.251 e. The van der Waals surface area contributed by atoms with Crippen molar-refractivity contribution in [2.24, 2.45) is 0 Å². The van der Waals surface area contributed by atoms with E-state index in [1.165, 1.54) is 18.2 Å². The van der Waals surface area contributed by atoms with Crippen molar-refractivity contribution in [3.05, 3.63) is 35.6 Å². The molecule has 0 radical (unpaired) electrons. The van der Waals surface area contributed by atoms with Gasteiger partial charge in [0.25, 0.3) is 5.91 Å². The van der Waals surface area contributed by atoms with Crippen LogP contribution in [0.4, 0.5) is 4.39 Å². The van der Waals surface area contributed by atoms with Crippen molar-refractivity contribution in [1.29, 1.82) is 0 Å². The molecule has 0 aromatic heterocycles. The zero-order valence-corrected chi connectivity index (χ0v) is 10.9. The maximum atomic E-state index is 12.9. The van der Waals surface area contributed by atoms with Crippen LogP contribution in [0.25, 0.3) is 0 Å². The minimum atomic E-state index is -1.01. The minimum absolute atomic E-state index is 0.0850. The van der Waals surface area contributed by atoms with E-state index in [-0.39, 0.29) is 18.7 Å². The molecule has 6 heteroatoms. The monoisotopic (exact) mass is 268 g/mol. The second-order valence-electron chi connectivity index (χ2n) is 4.78. The molecule has 1 aromatic rings. The average molecular weight is 268 g/mol. The summed E-state index contributed by atoms with van der Waals surface area (Å²) in [7, 11) is 0. The molecule has 3 N–H and O–H groups in total. The van der Waals surface area contributed by atoms with Crippen LogP contribution in [-0.2, 0) is 4.79 Å². The molecule has 0 saturated heterocycles. The maximum absolute atomic E-state index is 12.9. The highest BCUT2D eigenvalue weighted by Crippen LogP contribution is 2.02. The van der Waals surface area contributed by atoms with Crippen molar-refractivity contribution in [3.8, 4) is 0 Å². The third kappa shape index (κ3) is 5.96. The Morgan fingerprint density at radius 1 is 1.32 bits per heavy atom. The van der Waals surface area contributed by atoms with Gasteiger partial charge < -0.3 is 15.7 Å². The molecule has 0 atom stereocenters. The van der Waals surface area contributed by atoms with Crippen LogP contribution in [0.5, 0.6) is 0 Å². The van der Waals surface area contributed by atoms with Crippen LogP contribution in [0, 0.1) is 5.82 Å². The van der Waals surface area contributed by atoms with E-state index >= 15 is 0 Å². The van der Waals surface area contributed by atoms with Gasteiger partial charge in [-0.2, -0.15) is 0 Å². The van der Waals surface area contributed by atoms with Crippen molar-refractivity contribution < 1.29 is 19.1 Å². The summed E-state index contributed by atoms with van der Waals surface area (Å²) in [5, 5.41) is 14.2. The Kier molecular flexibility index (Phi) is 5.00. The topological polar surface area (TPSA) is 78.4 Å². The highest BCUT2D eigenvalue weighted by molar-refractivity contribution is 5.96. The predicted octanol–water partition coefficient (Wildman–Crippen LogP) is 0.443. The Morgan fingerprint density at radius 2 is 2.00 bits per heavy atom. The first kappa shape index (κ1) is 15.1. The van der Waals surface area contributed by atoms with Gasteiger partial charge in [0.15, 0.2) is 0 Å². The number of carbonyl (C=O) groups is 2. The van der Waals surface area contributed by atoms with Gasteiger partial charge in [-0.15, -0.1) is 0 Å². The highest BCUT2D eigenvalue weighted by Gasteiger charge is 2.14. The normalized spacial score (nSPS) is 10.9. The first-order valence-corrected chi connectivity index (χ1v) is 5.81. The second kappa shape index (κ2) is 6.29. The molecule has 2 amide bonds. The smallest absolute Gasteiger partial charge is 0.251 e. The largest absolute Gasteiger partial charge is 0.389 e. The van der Waals surface area contributed by atoms with E-state index in [1.807, 2.05) is 0 Å². The summed E-state index contributed by atoms with van der Waals surface area (Å²) < 4.78 is 12.9. The van der Waals surface area contributed by atoms with E-state index in [2.05, 4.69) is 10.6 Å². The highest BCUT2D eigenvalue weighted by atomic mass is 19.1. The molecular weight excluding hydrogens is 251 g/mol. The Labute approximate surface area is 110 Å². The summed E-state index contributed by atoms with van der Waals surface area (Å²) in [6.45, 7) is 2.96. The molecule has 0 fully saturated rings. The van der Waals surface area contributed by atoms with Gasteiger partial charge >= 0.3 is 0 Å². The fraction of sp³-hybridized carbons (Fsp3) is 0.385. The summed E-state index contributed by atoms with van der Waals surface area (Å²) >= 11 is 0. The molecule has 0 heterocycles. The standard InChI is InChI=1S/C13H17FN2O3/c1-13(2,19)8-16-11(17)7-15-12(18)9-4-3-5-10(14)6-9/h3-6,19H,7-8H2,1-2H3,(H,15,18)(H,16,17). The van der Waals surface area contributed by atoms with Gasteiger partial charge in [0.1, 0.15) is 5.82 Å². The molecule has 0 bridgehead atoms. The summed E-state index contributed by atoms with van der Waals surface area (Å²) in [4.78, 5) is 23.0. The van der Waals surface area contributed by atoms with Crippen molar-refractivity contribution in [2.45, 2.75) is 19.4 Å². The lowest BCUT2D eigenvalue weighted by atomic mass is 10.1. The number of aliphatic hydroxyl groups is 1. The van der Waals surface area contributed by atoms with E-state index < -0.39 is 23.2 Å². The number of amides is 2. The first-order valence-electron chi connectivity index (χ1n) is 5.81. The molecule has 1 aromatic carbocycles. The fourth-order valence-electron chi connectivity index (χ4n) is 1.27. The molecule has 5 nitrogen and oxygen atoms in total. The van der Waals surface area contributed by atoms with Gasteiger partial charge in [0.05, 0.1) is 12.1 Å². The van der Waals surface area contributed by atoms with E-state index in [0.29, 0.717) is 0 Å². The number of halogens is 1. The van der Waals surface area contributed by atoms with Crippen LogP contribution in [-0.4, -0.2) is 35.6 Å². The van der Waals surface area contributed by atoms with Crippen LogP contribution >= 0.6 is 0 Å². The van der Waals surface area contributed by atoms with Gasteiger partial charge in [-0.3, -0.25) is 9.59 Å². The first-order chi connectivity index (χ1) is 8.78. The van der Waals surface area contributed by atoms with E-state index in [9.17, 15) is 19.1 Å². The van der Waals surface area contributed by atoms with Gasteiger partial charge in [0.2, 0.25) is 5.91 Å². The number of benzene rings is 1. The Hall–Kier alpha value is -1.95. The van der Waals surface area contributed by atoms with Crippen molar-refractivity contribution in [1.82, 2.24) is 10.6 Å². The molecular formula is C13H17FN2O3. The third-order valence-corrected chi connectivity index (χ3v) is 2.21. The van der Waals surface area contributed by atoms with E-state index in [4.69, 9.17) is 0 Å². The molecule has 0 aliphatic carbocycles. The predicted molar refractivity (Wildman–Crippen MR) is 68.0 cm³/mol. The molecule has 0 spiro atoms. The van der Waals surface area contributed by atoms with Crippen molar-refractivity contribution >= 4 is 11.8 Å². The lowest BCUT2D eigenvalue weighted by Gasteiger charge is -2.17. The number of carbonyl (C=O) groups excluding carboxylic acids is 2. The fourth-order valence-corrected chi connectivity index (χ4v) is 1.27. The summed E-state index contributed by atoms with van der Waals surface area (Å²) in [5.74, 6) is -1.47. The molecule has 0 saturated carbocycles. The molecule has 0 unspecified atom stereocenters. The quantitative estimate of drug-likeness (QED) is 0.725. The van der Waals surface area contributed by atoms with Crippen LogP contribution in [0.1, 0.15) is 24.2 Å². The van der Waals surface area contributed by atoms with Crippen LogP contribution < -0.4 is 10.6 Å². The second-order valence-corrected chi connectivity index (χ2v) is 4.78. The van der Waals surface area contributed by atoms with Crippen LogP contribution in [0.15, 0.2) is 24.3 Å². The van der Waals surface area contributed by atoms with E-state index in [1.54, 1.807) is 13.8 Å². The van der Waals surface area contributed by atoms with Gasteiger partial charge in [-0.05, 0) is 32.0 Å². The lowest BCUT2D eigenvalue weighted by molar-refractivity contribution is -0.121. The molecule has 0 aliphatic rings. The van der Waals surface area contributed by atoms with Gasteiger partial charge in [-0.1, -0.05) is 6.07 Å². The Bertz CT molecular complexity index is 469. The SMILES string of the molecule is CC(C)(O)CNC(=O)CNC(=O)c1cccc(F)c1. The average Bonchev–Trinajstić information content (AvgIpc) is 2.32. The van der Waals surface area contributed by atoms with Gasteiger partial charge in [-0.25, -0.2) is 4.39 Å². The zero-order chi connectivity index (χ0) is 14.5. The lowest BCUT2D eigenvalue weighted by Crippen LogP contribution is -2.43. The minimum Gasteiger partial charge on any atom is -0.389 e. The number of rotatable bonds is 5. The zero-order valence-electron chi connectivity index (χ0n) is 10.9. The molecule has 1 rings (SSSR count). The molecule has 19 heavy (non-hydrogen) atoms. The molecule has 0 aliphatic heterocycles.